The molecule has 4 aromatic rings. The number of hydrogen-bond donors (Lipinski definition) is 1. The second kappa shape index (κ2) is 9.63. The molecular weight excluding hydrogens is 418 g/mol. The Bertz CT molecular complexity index is 1160. The molecule has 1 N–H and O–H groups in total. The van der Waals surface area contributed by atoms with E-state index in [9.17, 15) is 18.7 Å². The van der Waals surface area contributed by atoms with Gasteiger partial charge in [-0.1, -0.05) is 24.3 Å². The van der Waals surface area contributed by atoms with Gasteiger partial charge in [-0.25, -0.2) is 18.4 Å². The van der Waals surface area contributed by atoms with Crippen LogP contribution >= 0.6 is 0 Å². The van der Waals surface area contributed by atoms with Gasteiger partial charge in [0, 0.05) is 18.5 Å². The average Bonchev–Trinajstić information content (AvgIpc) is 3.33. The van der Waals surface area contributed by atoms with E-state index in [1.807, 2.05) is 0 Å². The van der Waals surface area contributed by atoms with Crippen molar-refractivity contribution in [2.75, 3.05) is 6.61 Å². The molecule has 9 heteroatoms. The number of halogens is 2. The maximum Gasteiger partial charge on any atom is 0.266 e. The van der Waals surface area contributed by atoms with Gasteiger partial charge in [-0.3, -0.25) is 9.36 Å². The number of aromatic nitrogens is 4. The first-order valence-electron chi connectivity index (χ1n) is 9.87. The monoisotopic (exact) mass is 438 g/mol. The van der Waals surface area contributed by atoms with E-state index in [1.165, 1.54) is 30.3 Å². The molecule has 0 aliphatic rings. The Hall–Kier alpha value is -3.69. The highest BCUT2D eigenvalue weighted by Crippen LogP contribution is 2.26. The molecular formula is C23H20F2N4O3. The van der Waals surface area contributed by atoms with Crippen molar-refractivity contribution in [1.82, 2.24) is 19.3 Å². The Kier molecular flexibility index (Phi) is 6.48. The molecule has 2 aromatic heterocycles. The van der Waals surface area contributed by atoms with Gasteiger partial charge in [-0.05, 0) is 41.5 Å². The zero-order valence-corrected chi connectivity index (χ0v) is 16.9. The summed E-state index contributed by atoms with van der Waals surface area (Å²) in [5, 5.41) is 14.8. The van der Waals surface area contributed by atoms with Gasteiger partial charge in [-0.15, -0.1) is 0 Å². The SMILES string of the molecule is O=c1ccc(-n2ccnc2)nn1C[C@@H](O)COC(c1ccc(F)cc1)c1ccc(F)cc1. The Morgan fingerprint density at radius 3 is 2.12 bits per heavy atom. The number of aliphatic hydroxyl groups excluding tert-OH is 1. The maximum atomic E-state index is 13.4. The minimum atomic E-state index is -1.05. The third-order valence-corrected chi connectivity index (χ3v) is 4.81. The number of benzene rings is 2. The molecule has 0 saturated carbocycles. The lowest BCUT2D eigenvalue weighted by Crippen LogP contribution is -2.31. The van der Waals surface area contributed by atoms with Gasteiger partial charge in [0.25, 0.3) is 5.56 Å². The molecule has 0 fully saturated rings. The van der Waals surface area contributed by atoms with Crippen LogP contribution < -0.4 is 5.56 Å². The van der Waals surface area contributed by atoms with Crippen molar-refractivity contribution >= 4 is 0 Å². The van der Waals surface area contributed by atoms with E-state index >= 15 is 0 Å². The topological polar surface area (TPSA) is 82.2 Å². The summed E-state index contributed by atoms with van der Waals surface area (Å²) in [6, 6.07) is 14.4. The molecule has 7 nitrogen and oxygen atoms in total. The standard InChI is InChI=1S/C23H20F2N4O3/c24-18-5-1-16(2-6-18)23(17-3-7-19(25)8-4-17)32-14-20(30)13-29-22(31)10-9-21(27-29)28-12-11-26-15-28/h1-12,15,20,23,30H,13-14H2/t20-/m1/s1. The van der Waals surface area contributed by atoms with E-state index < -0.39 is 23.8 Å². The van der Waals surface area contributed by atoms with Gasteiger partial charge >= 0.3 is 0 Å². The van der Waals surface area contributed by atoms with E-state index in [2.05, 4.69) is 10.1 Å². The fraction of sp³-hybridized carbons (Fsp3) is 0.174. The quantitative estimate of drug-likeness (QED) is 0.458. The Morgan fingerprint density at radius 1 is 0.938 bits per heavy atom. The lowest BCUT2D eigenvalue weighted by molar-refractivity contribution is -0.00249. The van der Waals surface area contributed by atoms with Crippen molar-refractivity contribution in [3.05, 3.63) is 112 Å². The van der Waals surface area contributed by atoms with Crippen LogP contribution in [0.2, 0.25) is 0 Å². The van der Waals surface area contributed by atoms with Gasteiger partial charge in [0.2, 0.25) is 0 Å². The number of imidazole rings is 1. The Labute approximate surface area is 182 Å². The zero-order chi connectivity index (χ0) is 22.5. The summed E-state index contributed by atoms with van der Waals surface area (Å²) >= 11 is 0. The van der Waals surface area contributed by atoms with Crippen LogP contribution in [0.5, 0.6) is 0 Å². The smallest absolute Gasteiger partial charge is 0.266 e. The summed E-state index contributed by atoms with van der Waals surface area (Å²) in [5.74, 6) is -0.310. The van der Waals surface area contributed by atoms with Gasteiger partial charge in [0.1, 0.15) is 24.1 Å². The third-order valence-electron chi connectivity index (χ3n) is 4.81. The predicted octanol–water partition coefficient (Wildman–Crippen LogP) is 2.87. The summed E-state index contributed by atoms with van der Waals surface area (Å²) in [6.07, 6.45) is 3.11. The minimum absolute atomic E-state index is 0.0963. The molecule has 0 aliphatic heterocycles. The summed E-state index contributed by atoms with van der Waals surface area (Å²) in [7, 11) is 0. The first-order valence-corrected chi connectivity index (χ1v) is 9.87. The van der Waals surface area contributed by atoms with Crippen molar-refractivity contribution in [1.29, 1.82) is 0 Å². The van der Waals surface area contributed by atoms with Gasteiger partial charge in [0.05, 0.1) is 19.3 Å². The predicted molar refractivity (Wildman–Crippen MR) is 112 cm³/mol. The van der Waals surface area contributed by atoms with Gasteiger partial charge < -0.3 is 9.84 Å². The molecule has 2 aromatic carbocycles. The maximum absolute atomic E-state index is 13.4. The van der Waals surface area contributed by atoms with Crippen LogP contribution in [0.25, 0.3) is 5.82 Å². The lowest BCUT2D eigenvalue weighted by Gasteiger charge is -2.21. The second-order valence-electron chi connectivity index (χ2n) is 7.15. The fourth-order valence-corrected chi connectivity index (χ4v) is 3.22. The number of hydrogen-bond acceptors (Lipinski definition) is 5. The number of aliphatic hydroxyl groups is 1. The molecule has 164 valence electrons. The molecule has 2 heterocycles. The van der Waals surface area contributed by atoms with Crippen LogP contribution in [-0.2, 0) is 11.3 Å². The largest absolute Gasteiger partial charge is 0.389 e. The number of ether oxygens (including phenoxy) is 1. The lowest BCUT2D eigenvalue weighted by atomic mass is 10.0. The Morgan fingerprint density at radius 2 is 1.56 bits per heavy atom. The molecule has 32 heavy (non-hydrogen) atoms. The molecule has 0 saturated heterocycles. The molecule has 0 radical (unpaired) electrons. The van der Waals surface area contributed by atoms with Crippen molar-refractivity contribution in [3.63, 3.8) is 0 Å². The average molecular weight is 438 g/mol. The molecule has 4 rings (SSSR count). The minimum Gasteiger partial charge on any atom is -0.389 e. The van der Waals surface area contributed by atoms with Crippen molar-refractivity contribution < 1.29 is 18.6 Å². The summed E-state index contributed by atoms with van der Waals surface area (Å²) in [6.45, 7) is -0.232. The summed E-state index contributed by atoms with van der Waals surface area (Å²) < 4.78 is 35.4. The molecule has 0 spiro atoms. The second-order valence-corrected chi connectivity index (χ2v) is 7.15. The molecule has 0 amide bonds. The molecule has 0 aliphatic carbocycles. The van der Waals surface area contributed by atoms with Crippen LogP contribution in [0.1, 0.15) is 17.2 Å². The Balaban J connectivity index is 1.49. The van der Waals surface area contributed by atoms with Crippen molar-refractivity contribution in [2.45, 2.75) is 18.8 Å². The summed E-state index contributed by atoms with van der Waals surface area (Å²) in [5.41, 5.74) is 0.909. The molecule has 0 bridgehead atoms. The number of rotatable bonds is 8. The van der Waals surface area contributed by atoms with Crippen LogP contribution in [0.15, 0.2) is 84.2 Å². The van der Waals surface area contributed by atoms with Gasteiger partial charge in [0.15, 0.2) is 5.82 Å². The van der Waals surface area contributed by atoms with Crippen molar-refractivity contribution in [2.24, 2.45) is 0 Å². The van der Waals surface area contributed by atoms with E-state index in [0.717, 1.165) is 4.68 Å². The van der Waals surface area contributed by atoms with Crippen LogP contribution in [0, 0.1) is 11.6 Å². The normalized spacial score (nSPS) is 12.2. The van der Waals surface area contributed by atoms with E-state index in [-0.39, 0.29) is 18.7 Å². The molecule has 1 atom stereocenters. The molecule has 0 unspecified atom stereocenters. The first-order chi connectivity index (χ1) is 15.5. The first kappa shape index (κ1) is 21.5. The van der Waals surface area contributed by atoms with Crippen LogP contribution in [-0.4, -0.2) is 37.1 Å². The highest BCUT2D eigenvalue weighted by Gasteiger charge is 2.18. The van der Waals surface area contributed by atoms with Gasteiger partial charge in [-0.2, -0.15) is 5.10 Å². The van der Waals surface area contributed by atoms with E-state index in [4.69, 9.17) is 4.74 Å². The van der Waals surface area contributed by atoms with E-state index in [1.54, 1.807) is 53.6 Å². The zero-order valence-electron chi connectivity index (χ0n) is 16.9. The number of nitrogens with zero attached hydrogens (tertiary/aromatic N) is 4. The third kappa shape index (κ3) is 5.13. The fourth-order valence-electron chi connectivity index (χ4n) is 3.22. The highest BCUT2D eigenvalue weighted by molar-refractivity contribution is 5.30. The summed E-state index contributed by atoms with van der Waals surface area (Å²) in [4.78, 5) is 16.1. The van der Waals surface area contributed by atoms with Crippen molar-refractivity contribution in [3.8, 4) is 5.82 Å². The van der Waals surface area contributed by atoms with Crippen LogP contribution in [0.3, 0.4) is 0 Å². The highest BCUT2D eigenvalue weighted by atomic mass is 19.1. The van der Waals surface area contributed by atoms with Crippen LogP contribution in [0.4, 0.5) is 8.78 Å². The van der Waals surface area contributed by atoms with E-state index in [0.29, 0.717) is 16.9 Å².